The third-order valence-corrected chi connectivity index (χ3v) is 5.10. The largest absolute Gasteiger partial charge is 0.493 e. The number of benzene rings is 2. The molecule has 3 heterocycles. The van der Waals surface area contributed by atoms with Crippen LogP contribution >= 0.6 is 11.3 Å². The van der Waals surface area contributed by atoms with E-state index in [0.29, 0.717) is 45.0 Å². The fourth-order valence-corrected chi connectivity index (χ4v) is 3.67. The number of hydrogen-bond donors (Lipinski definition) is 1. The predicted octanol–water partition coefficient (Wildman–Crippen LogP) is 4.55. The molecule has 0 saturated heterocycles. The van der Waals surface area contributed by atoms with Crippen LogP contribution in [0.25, 0.3) is 22.4 Å². The molecule has 0 bridgehead atoms. The first-order valence-electron chi connectivity index (χ1n) is 8.45. The number of carbonyl (C=O) groups excluding carboxylic acids is 1. The van der Waals surface area contributed by atoms with Crippen LogP contribution in [0.5, 0.6) is 17.2 Å². The number of ether oxygens (including phenoxy) is 3. The Hall–Kier alpha value is -3.52. The Morgan fingerprint density at radius 2 is 2.07 bits per heavy atom. The van der Waals surface area contributed by atoms with Crippen LogP contribution in [0.4, 0.5) is 5.13 Å². The molecule has 2 aromatic carbocycles. The zero-order chi connectivity index (χ0) is 19.1. The summed E-state index contributed by atoms with van der Waals surface area (Å²) in [7, 11) is 1.60. The highest BCUT2D eigenvalue weighted by Gasteiger charge is 2.18. The van der Waals surface area contributed by atoms with Gasteiger partial charge in [0.2, 0.25) is 6.79 Å². The molecule has 2 aromatic heterocycles. The van der Waals surface area contributed by atoms with Crippen LogP contribution in [0.3, 0.4) is 0 Å². The lowest BCUT2D eigenvalue weighted by Crippen LogP contribution is -2.11. The lowest BCUT2D eigenvalue weighted by atomic mass is 10.2. The van der Waals surface area contributed by atoms with Gasteiger partial charge in [0.05, 0.1) is 7.11 Å². The summed E-state index contributed by atoms with van der Waals surface area (Å²) in [6.45, 7) is 0.165. The molecule has 4 aromatic rings. The monoisotopic (exact) mass is 394 g/mol. The van der Waals surface area contributed by atoms with Crippen molar-refractivity contribution in [2.45, 2.75) is 0 Å². The molecule has 0 spiro atoms. The number of para-hydroxylation sites is 1. The second-order valence-electron chi connectivity index (χ2n) is 6.05. The van der Waals surface area contributed by atoms with Gasteiger partial charge < -0.3 is 18.6 Å². The Morgan fingerprint density at radius 3 is 2.96 bits per heavy atom. The number of hydrogen-bond acceptors (Lipinski definition) is 7. The van der Waals surface area contributed by atoms with Gasteiger partial charge in [0.1, 0.15) is 5.69 Å². The molecule has 8 heteroatoms. The Morgan fingerprint density at radius 1 is 1.18 bits per heavy atom. The zero-order valence-electron chi connectivity index (χ0n) is 14.7. The smallest absolute Gasteiger partial charge is 0.257 e. The Balaban J connectivity index is 1.38. The van der Waals surface area contributed by atoms with Gasteiger partial charge in [-0.25, -0.2) is 4.98 Å². The molecule has 1 amide bonds. The van der Waals surface area contributed by atoms with Crippen molar-refractivity contribution in [3.8, 4) is 28.7 Å². The molecule has 1 N–H and O–H groups in total. The third kappa shape index (κ3) is 2.84. The van der Waals surface area contributed by atoms with E-state index in [1.807, 2.05) is 29.6 Å². The number of anilines is 1. The van der Waals surface area contributed by atoms with Crippen molar-refractivity contribution in [1.82, 2.24) is 4.98 Å². The third-order valence-electron chi connectivity index (χ3n) is 4.34. The summed E-state index contributed by atoms with van der Waals surface area (Å²) in [5, 5.41) is 6.04. The van der Waals surface area contributed by atoms with E-state index in [0.717, 1.165) is 5.39 Å². The molecule has 28 heavy (non-hydrogen) atoms. The highest BCUT2D eigenvalue weighted by atomic mass is 32.1. The molecule has 1 aliphatic rings. The first-order chi connectivity index (χ1) is 13.7. The van der Waals surface area contributed by atoms with Crippen molar-refractivity contribution < 1.29 is 23.4 Å². The van der Waals surface area contributed by atoms with Gasteiger partial charge in [-0.1, -0.05) is 12.1 Å². The SMILES string of the molecule is COc1cccc2cc(-c3csc(NC(=O)c4ccc5c(c4)OCO5)n3)oc12. The molecule has 0 radical (unpaired) electrons. The van der Waals surface area contributed by atoms with Crippen LogP contribution < -0.4 is 19.5 Å². The van der Waals surface area contributed by atoms with E-state index < -0.39 is 0 Å². The van der Waals surface area contributed by atoms with Crippen LogP contribution in [0.1, 0.15) is 10.4 Å². The van der Waals surface area contributed by atoms with Gasteiger partial charge in [-0.15, -0.1) is 11.3 Å². The van der Waals surface area contributed by atoms with Crippen molar-refractivity contribution in [3.05, 3.63) is 53.4 Å². The average Bonchev–Trinajstić information content (AvgIpc) is 3.45. The molecule has 7 nitrogen and oxygen atoms in total. The van der Waals surface area contributed by atoms with Crippen molar-refractivity contribution in [1.29, 1.82) is 0 Å². The summed E-state index contributed by atoms with van der Waals surface area (Å²) >= 11 is 1.32. The summed E-state index contributed by atoms with van der Waals surface area (Å²) in [4.78, 5) is 17.0. The maximum Gasteiger partial charge on any atom is 0.257 e. The number of fused-ring (bicyclic) bond motifs is 2. The molecule has 0 saturated carbocycles. The van der Waals surface area contributed by atoms with Gasteiger partial charge in [0, 0.05) is 16.3 Å². The first kappa shape index (κ1) is 16.6. The van der Waals surface area contributed by atoms with E-state index >= 15 is 0 Å². The van der Waals surface area contributed by atoms with Crippen LogP contribution in [0, 0.1) is 0 Å². The molecular formula is C20H14N2O5S. The maximum atomic E-state index is 12.5. The summed E-state index contributed by atoms with van der Waals surface area (Å²) < 4.78 is 21.8. The Bertz CT molecular complexity index is 1200. The standard InChI is InChI=1S/C20H14N2O5S/c1-24-15-4-2-3-11-7-16(27-18(11)15)13-9-28-20(21-13)22-19(23)12-5-6-14-17(8-12)26-10-25-14/h2-9H,10H2,1H3,(H,21,22,23). The number of aromatic nitrogens is 1. The van der Waals surface area contributed by atoms with E-state index in [4.69, 9.17) is 18.6 Å². The van der Waals surface area contributed by atoms with Crippen molar-refractivity contribution in [2.75, 3.05) is 19.2 Å². The summed E-state index contributed by atoms with van der Waals surface area (Å²) in [6, 6.07) is 12.6. The molecule has 1 aliphatic heterocycles. The number of carbonyl (C=O) groups is 1. The number of nitrogens with zero attached hydrogens (tertiary/aromatic N) is 1. The first-order valence-corrected chi connectivity index (χ1v) is 9.33. The minimum Gasteiger partial charge on any atom is -0.493 e. The Kier molecular flexibility index (Phi) is 3.91. The maximum absolute atomic E-state index is 12.5. The average molecular weight is 394 g/mol. The minimum absolute atomic E-state index is 0.165. The van der Waals surface area contributed by atoms with E-state index in [2.05, 4.69) is 10.3 Å². The molecule has 0 fully saturated rings. The summed E-state index contributed by atoms with van der Waals surface area (Å²) in [5.41, 5.74) is 1.78. The molecule has 0 unspecified atom stereocenters. The van der Waals surface area contributed by atoms with Crippen molar-refractivity contribution in [3.63, 3.8) is 0 Å². The molecule has 0 aliphatic carbocycles. The molecule has 140 valence electrons. The zero-order valence-corrected chi connectivity index (χ0v) is 15.5. The van der Waals surface area contributed by atoms with Crippen molar-refractivity contribution >= 4 is 33.3 Å². The fraction of sp³-hybridized carbons (Fsp3) is 0.100. The van der Waals surface area contributed by atoms with E-state index in [9.17, 15) is 4.79 Å². The van der Waals surface area contributed by atoms with Crippen LogP contribution in [-0.4, -0.2) is 24.8 Å². The van der Waals surface area contributed by atoms with Gasteiger partial charge in [0.25, 0.3) is 5.91 Å². The molecule has 0 atom stereocenters. The second-order valence-corrected chi connectivity index (χ2v) is 6.91. The predicted molar refractivity (Wildman–Crippen MR) is 104 cm³/mol. The van der Waals surface area contributed by atoms with E-state index in [1.54, 1.807) is 25.3 Å². The second kappa shape index (κ2) is 6.58. The molecule has 5 rings (SSSR count). The topological polar surface area (TPSA) is 82.8 Å². The van der Waals surface area contributed by atoms with Gasteiger partial charge in [0.15, 0.2) is 33.7 Å². The number of amides is 1. The van der Waals surface area contributed by atoms with Crippen LogP contribution in [0.15, 0.2) is 52.3 Å². The Labute approximate surface area is 163 Å². The van der Waals surface area contributed by atoms with Gasteiger partial charge in [-0.2, -0.15) is 0 Å². The summed E-state index contributed by atoms with van der Waals surface area (Å²) in [6.07, 6.45) is 0. The highest BCUT2D eigenvalue weighted by molar-refractivity contribution is 7.14. The van der Waals surface area contributed by atoms with Gasteiger partial charge >= 0.3 is 0 Å². The number of furan rings is 1. The number of thiazole rings is 1. The van der Waals surface area contributed by atoms with E-state index in [-0.39, 0.29) is 12.7 Å². The highest BCUT2D eigenvalue weighted by Crippen LogP contribution is 2.35. The van der Waals surface area contributed by atoms with Crippen LogP contribution in [0.2, 0.25) is 0 Å². The van der Waals surface area contributed by atoms with E-state index in [1.165, 1.54) is 11.3 Å². The van der Waals surface area contributed by atoms with Crippen LogP contribution in [-0.2, 0) is 0 Å². The minimum atomic E-state index is -0.273. The van der Waals surface area contributed by atoms with Gasteiger partial charge in [-0.3, -0.25) is 10.1 Å². The molecular weight excluding hydrogens is 380 g/mol. The summed E-state index contributed by atoms with van der Waals surface area (Å²) in [5.74, 6) is 2.19. The lowest BCUT2D eigenvalue weighted by molar-refractivity contribution is 0.102. The van der Waals surface area contributed by atoms with Crippen molar-refractivity contribution in [2.24, 2.45) is 0 Å². The number of methoxy groups -OCH3 is 1. The number of nitrogens with one attached hydrogen (secondary N) is 1. The normalized spacial score (nSPS) is 12.3. The lowest BCUT2D eigenvalue weighted by Gasteiger charge is -2.03. The van der Waals surface area contributed by atoms with Gasteiger partial charge in [-0.05, 0) is 30.3 Å². The number of rotatable bonds is 4. The quantitative estimate of drug-likeness (QED) is 0.547. The fourth-order valence-electron chi connectivity index (χ4n) is 2.97.